The molecule has 0 aliphatic carbocycles. The van der Waals surface area contributed by atoms with Crippen molar-refractivity contribution in [1.82, 2.24) is 0 Å². The van der Waals surface area contributed by atoms with Gasteiger partial charge in [-0.3, -0.25) is 0 Å². The van der Waals surface area contributed by atoms with Crippen LogP contribution < -0.4 is 16.0 Å². The molecule has 1 unspecified atom stereocenters. The first-order valence-corrected chi connectivity index (χ1v) is 6.60. The number of aliphatic imine (C=N–C) groups is 1. The zero-order valence-corrected chi connectivity index (χ0v) is 11.1. The maximum absolute atomic E-state index is 4.57. The van der Waals surface area contributed by atoms with E-state index in [1.807, 2.05) is 6.92 Å². The van der Waals surface area contributed by atoms with E-state index in [4.69, 9.17) is 0 Å². The van der Waals surface area contributed by atoms with E-state index in [-0.39, 0.29) is 5.03 Å². The SMILES string of the molecule is CC1=Nc2ccc3c4c(ccc(c24)N1)N[CH]([Al])N3. The molecule has 2 radical (unpaired) electrons. The zero-order chi connectivity index (χ0) is 12.3. The van der Waals surface area contributed by atoms with Crippen molar-refractivity contribution in [2.75, 3.05) is 16.0 Å². The van der Waals surface area contributed by atoms with Crippen molar-refractivity contribution < 1.29 is 0 Å². The molecular weight excluding hydrogens is 239 g/mol. The summed E-state index contributed by atoms with van der Waals surface area (Å²) in [6.07, 6.45) is 0. The van der Waals surface area contributed by atoms with Gasteiger partial charge in [-0.05, 0) is 31.2 Å². The van der Waals surface area contributed by atoms with Gasteiger partial charge >= 0.3 is 0 Å². The molecule has 4 rings (SSSR count). The van der Waals surface area contributed by atoms with Crippen LogP contribution in [0.2, 0.25) is 0 Å². The Morgan fingerprint density at radius 3 is 2.44 bits per heavy atom. The van der Waals surface area contributed by atoms with E-state index in [0.717, 1.165) is 28.6 Å². The summed E-state index contributed by atoms with van der Waals surface area (Å²) in [5.74, 6) is 0.936. The highest BCUT2D eigenvalue weighted by Gasteiger charge is 2.21. The molecule has 0 saturated heterocycles. The van der Waals surface area contributed by atoms with Crippen LogP contribution in [-0.4, -0.2) is 27.2 Å². The molecule has 0 bridgehead atoms. The fourth-order valence-electron chi connectivity index (χ4n) is 2.69. The first-order valence-electron chi connectivity index (χ1n) is 5.93. The molecule has 2 aliphatic heterocycles. The fraction of sp³-hybridized carbons (Fsp3) is 0.154. The predicted octanol–water partition coefficient (Wildman–Crippen LogP) is 2.60. The minimum Gasteiger partial charge on any atom is -0.381 e. The van der Waals surface area contributed by atoms with Gasteiger partial charge in [0, 0.05) is 32.9 Å². The van der Waals surface area contributed by atoms with Gasteiger partial charge in [0.15, 0.2) is 16.3 Å². The summed E-state index contributed by atoms with van der Waals surface area (Å²) in [6.45, 7) is 1.98. The number of amidine groups is 1. The molecule has 0 aromatic heterocycles. The Labute approximate surface area is 113 Å². The van der Waals surface area contributed by atoms with Gasteiger partial charge in [0.1, 0.15) is 5.84 Å². The van der Waals surface area contributed by atoms with Crippen LogP contribution in [0.25, 0.3) is 10.8 Å². The van der Waals surface area contributed by atoms with Crippen molar-refractivity contribution in [1.29, 1.82) is 0 Å². The van der Waals surface area contributed by atoms with Crippen LogP contribution in [0.5, 0.6) is 0 Å². The third kappa shape index (κ3) is 1.29. The number of nitrogens with one attached hydrogen (secondary N) is 3. The summed E-state index contributed by atoms with van der Waals surface area (Å²) < 4.78 is 0. The Morgan fingerprint density at radius 1 is 1.00 bits per heavy atom. The van der Waals surface area contributed by atoms with Crippen LogP contribution >= 0.6 is 0 Å². The maximum atomic E-state index is 4.57. The Balaban J connectivity index is 2.14. The lowest BCUT2D eigenvalue weighted by Gasteiger charge is -2.30. The van der Waals surface area contributed by atoms with Crippen LogP contribution in [0.4, 0.5) is 22.7 Å². The van der Waals surface area contributed by atoms with E-state index in [1.54, 1.807) is 0 Å². The van der Waals surface area contributed by atoms with E-state index >= 15 is 0 Å². The molecule has 4 nitrogen and oxygen atoms in total. The number of hydrogen-bond acceptors (Lipinski definition) is 4. The van der Waals surface area contributed by atoms with Gasteiger partial charge in [-0.15, -0.1) is 0 Å². The second-order valence-electron chi connectivity index (χ2n) is 4.63. The molecule has 18 heavy (non-hydrogen) atoms. The van der Waals surface area contributed by atoms with Crippen LogP contribution in [0.15, 0.2) is 29.3 Å². The molecule has 2 heterocycles. The van der Waals surface area contributed by atoms with E-state index in [1.165, 1.54) is 10.8 Å². The highest BCUT2D eigenvalue weighted by Crippen LogP contribution is 2.44. The van der Waals surface area contributed by atoms with Crippen molar-refractivity contribution in [3.63, 3.8) is 0 Å². The van der Waals surface area contributed by atoms with Gasteiger partial charge in [-0.1, -0.05) is 0 Å². The molecule has 2 aromatic carbocycles. The second kappa shape index (κ2) is 3.41. The number of rotatable bonds is 0. The molecule has 0 spiro atoms. The summed E-state index contributed by atoms with van der Waals surface area (Å²) in [4.78, 5) is 4.57. The average molecular weight is 250 g/mol. The van der Waals surface area contributed by atoms with Crippen LogP contribution in [0.1, 0.15) is 6.92 Å². The van der Waals surface area contributed by atoms with Gasteiger partial charge in [-0.2, -0.15) is 0 Å². The van der Waals surface area contributed by atoms with Gasteiger partial charge in [0.25, 0.3) is 0 Å². The molecule has 86 valence electrons. The standard InChI is InChI=1S/C13H11N4.Al/c1-7-16-10-4-2-8-12-9(15-6-14-8)3-5-11(17-7)13(10)12;/h2-6,14-15H,1H3,(H,16,17);. The fourth-order valence-corrected chi connectivity index (χ4v) is 3.05. The lowest BCUT2D eigenvalue weighted by atomic mass is 10.0. The summed E-state index contributed by atoms with van der Waals surface area (Å²) >= 11 is 2.75. The topological polar surface area (TPSA) is 48.5 Å². The van der Waals surface area contributed by atoms with E-state index in [9.17, 15) is 0 Å². The van der Waals surface area contributed by atoms with E-state index in [0.29, 0.717) is 0 Å². The second-order valence-corrected chi connectivity index (χ2v) is 5.30. The van der Waals surface area contributed by atoms with Crippen molar-refractivity contribution in [3.05, 3.63) is 24.3 Å². The normalized spacial score (nSPS) is 19.6. The molecule has 0 amide bonds. The number of nitrogens with zero attached hydrogens (tertiary/aromatic N) is 1. The molecular formula is C13H11AlN4. The first-order chi connectivity index (χ1) is 8.72. The molecule has 0 saturated carbocycles. The summed E-state index contributed by atoms with van der Waals surface area (Å²) in [6, 6.07) is 8.41. The third-order valence-electron chi connectivity index (χ3n) is 3.36. The summed E-state index contributed by atoms with van der Waals surface area (Å²) in [7, 11) is 0. The number of anilines is 3. The van der Waals surface area contributed by atoms with Crippen LogP contribution in [0, 0.1) is 0 Å². The molecule has 0 fully saturated rings. The Bertz CT molecular complexity index is 695. The summed E-state index contributed by atoms with van der Waals surface area (Å²) in [5.41, 5.74) is 4.47. The smallest absolute Gasteiger partial charge is 0.195 e. The van der Waals surface area contributed by atoms with Gasteiger partial charge in [0.05, 0.1) is 5.69 Å². The Morgan fingerprint density at radius 2 is 1.67 bits per heavy atom. The van der Waals surface area contributed by atoms with Crippen molar-refractivity contribution in [2.45, 2.75) is 12.0 Å². The Kier molecular flexibility index (Phi) is 1.94. The largest absolute Gasteiger partial charge is 0.381 e. The molecule has 2 aromatic rings. The van der Waals surface area contributed by atoms with E-state index in [2.05, 4.69) is 61.5 Å². The Hall–Kier alpha value is -1.70. The highest BCUT2D eigenvalue weighted by molar-refractivity contribution is 6.23. The monoisotopic (exact) mass is 250 g/mol. The van der Waals surface area contributed by atoms with Crippen molar-refractivity contribution in [3.8, 4) is 0 Å². The van der Waals surface area contributed by atoms with Gasteiger partial charge < -0.3 is 16.0 Å². The zero-order valence-electron chi connectivity index (χ0n) is 9.91. The lowest BCUT2D eigenvalue weighted by Crippen LogP contribution is -2.32. The predicted molar refractivity (Wildman–Crippen MR) is 77.1 cm³/mol. The van der Waals surface area contributed by atoms with Crippen LogP contribution in [-0.2, 0) is 0 Å². The van der Waals surface area contributed by atoms with Crippen LogP contribution in [0.3, 0.4) is 0 Å². The minimum atomic E-state index is 0.165. The summed E-state index contributed by atoms with van der Waals surface area (Å²) in [5, 5.41) is 12.7. The van der Waals surface area contributed by atoms with Gasteiger partial charge in [0.2, 0.25) is 0 Å². The maximum Gasteiger partial charge on any atom is 0.195 e. The molecule has 5 heteroatoms. The van der Waals surface area contributed by atoms with Crippen molar-refractivity contribution >= 4 is 55.6 Å². The first kappa shape index (κ1) is 10.2. The van der Waals surface area contributed by atoms with Gasteiger partial charge in [-0.25, -0.2) is 4.99 Å². The third-order valence-corrected chi connectivity index (χ3v) is 3.70. The quantitative estimate of drug-likeness (QED) is 0.630. The number of hydrogen-bond donors (Lipinski definition) is 3. The molecule has 3 N–H and O–H groups in total. The van der Waals surface area contributed by atoms with E-state index < -0.39 is 0 Å². The highest BCUT2D eigenvalue weighted by atomic mass is 27.0. The molecule has 1 atom stereocenters. The lowest BCUT2D eigenvalue weighted by molar-refractivity contribution is 1.11. The van der Waals surface area contributed by atoms with Crippen molar-refractivity contribution in [2.24, 2.45) is 4.99 Å². The average Bonchev–Trinajstić information content (AvgIpc) is 2.34. The minimum absolute atomic E-state index is 0.165. The molecule has 2 aliphatic rings. The number of benzene rings is 2.